The summed E-state index contributed by atoms with van der Waals surface area (Å²) in [5.41, 5.74) is 0. The lowest BCUT2D eigenvalue weighted by molar-refractivity contribution is -0.161. The minimum absolute atomic E-state index is 0.101. The van der Waals surface area contributed by atoms with Gasteiger partial charge in [0.25, 0.3) is 0 Å². The van der Waals surface area contributed by atoms with Gasteiger partial charge >= 0.3 is 39.5 Å². The number of rotatable bonds is 62. The van der Waals surface area contributed by atoms with Crippen molar-refractivity contribution in [1.29, 1.82) is 0 Å². The summed E-state index contributed by atoms with van der Waals surface area (Å²) in [5, 5.41) is 10.5. The summed E-state index contributed by atoms with van der Waals surface area (Å²) in [6.45, 7) is 13.9. The molecule has 0 aliphatic rings. The first-order chi connectivity index (χ1) is 40.1. The van der Waals surface area contributed by atoms with Crippen molar-refractivity contribution in [2.75, 3.05) is 39.6 Å². The standard InChI is InChI=1S/C65H126O17P2/c1-55(2)41-33-25-17-14-12-10-9-11-13-15-19-31-39-47-64(69)81-60(52-76-63(68)46-38-30-23-21-27-35-43-57(5)6)53-79-83(71,72)77-49-59(66)50-78-84(73,74)80-54-61(82-65(70)48-40-32-24-22-28-36-44-58(7)8)51-75-62(67)45-37-29-20-16-18-26-34-42-56(3)4/h55-61,66H,9-54H2,1-8H3,(H,71,72)(H,73,74)/t59?,60-,61-/m1/s1. The molecule has 0 aliphatic heterocycles. The van der Waals surface area contributed by atoms with Crippen molar-refractivity contribution < 1.29 is 80.2 Å². The molecule has 5 atom stereocenters. The third kappa shape index (κ3) is 59.0. The Morgan fingerprint density at radius 3 is 0.738 bits per heavy atom. The van der Waals surface area contributed by atoms with E-state index in [0.717, 1.165) is 109 Å². The summed E-state index contributed by atoms with van der Waals surface area (Å²) >= 11 is 0. The molecule has 0 fully saturated rings. The van der Waals surface area contributed by atoms with Crippen LogP contribution in [0.4, 0.5) is 0 Å². The number of phosphoric acid groups is 2. The molecule has 0 spiro atoms. The van der Waals surface area contributed by atoms with E-state index in [4.69, 9.17) is 37.0 Å². The summed E-state index contributed by atoms with van der Waals surface area (Å²) in [7, 11) is -9.89. The Balaban J connectivity index is 5.21. The zero-order valence-corrected chi connectivity index (χ0v) is 56.3. The maximum Gasteiger partial charge on any atom is 0.472 e. The van der Waals surface area contributed by atoms with Gasteiger partial charge in [0.2, 0.25) is 0 Å². The molecule has 0 heterocycles. The molecule has 0 aromatic rings. The second-order valence-electron chi connectivity index (χ2n) is 25.4. The van der Waals surface area contributed by atoms with Gasteiger partial charge in [-0.3, -0.25) is 37.3 Å². The Bertz CT molecular complexity index is 1680. The monoisotopic (exact) mass is 1240 g/mol. The lowest BCUT2D eigenvalue weighted by Gasteiger charge is -2.21. The van der Waals surface area contributed by atoms with Crippen molar-refractivity contribution in [2.24, 2.45) is 23.7 Å². The maximum absolute atomic E-state index is 13.0. The Morgan fingerprint density at radius 2 is 0.500 bits per heavy atom. The van der Waals surface area contributed by atoms with E-state index in [0.29, 0.717) is 43.4 Å². The van der Waals surface area contributed by atoms with Gasteiger partial charge in [-0.2, -0.15) is 0 Å². The quantitative estimate of drug-likeness (QED) is 0.0222. The normalized spacial score (nSPS) is 14.4. The summed E-state index contributed by atoms with van der Waals surface area (Å²) in [4.78, 5) is 72.2. The number of hydrogen-bond donors (Lipinski definition) is 3. The van der Waals surface area contributed by atoms with Crippen molar-refractivity contribution >= 4 is 39.5 Å². The number of aliphatic hydroxyl groups is 1. The number of hydrogen-bond acceptors (Lipinski definition) is 15. The van der Waals surface area contributed by atoms with Crippen LogP contribution in [0, 0.1) is 23.7 Å². The van der Waals surface area contributed by atoms with Gasteiger partial charge in [0.05, 0.1) is 26.4 Å². The number of unbranched alkanes of at least 4 members (excludes halogenated alkanes) is 28. The molecule has 0 aromatic carbocycles. The number of esters is 4. The number of carbonyl (C=O) groups excluding carboxylic acids is 4. The molecule has 19 heteroatoms. The predicted molar refractivity (Wildman–Crippen MR) is 335 cm³/mol. The topological polar surface area (TPSA) is 237 Å². The summed E-state index contributed by atoms with van der Waals surface area (Å²) in [6, 6.07) is 0. The molecule has 0 bridgehead atoms. The van der Waals surface area contributed by atoms with E-state index in [1.165, 1.54) is 103 Å². The van der Waals surface area contributed by atoms with E-state index in [9.17, 15) is 43.2 Å². The van der Waals surface area contributed by atoms with Gasteiger partial charge in [-0.15, -0.1) is 0 Å². The fourth-order valence-corrected chi connectivity index (χ4v) is 11.2. The van der Waals surface area contributed by atoms with E-state index in [1.54, 1.807) is 0 Å². The molecular weight excluding hydrogens is 1110 g/mol. The zero-order chi connectivity index (χ0) is 62.5. The molecule has 0 saturated carbocycles. The molecular formula is C65H126O17P2. The first-order valence-electron chi connectivity index (χ1n) is 33.7. The molecule has 84 heavy (non-hydrogen) atoms. The van der Waals surface area contributed by atoms with Crippen LogP contribution in [-0.4, -0.2) is 96.7 Å². The van der Waals surface area contributed by atoms with Crippen molar-refractivity contribution in [3.8, 4) is 0 Å². The average Bonchev–Trinajstić information content (AvgIpc) is 3.54. The number of phosphoric ester groups is 2. The van der Waals surface area contributed by atoms with Crippen molar-refractivity contribution in [2.45, 2.75) is 331 Å². The highest BCUT2D eigenvalue weighted by Crippen LogP contribution is 2.45. The van der Waals surface area contributed by atoms with E-state index >= 15 is 0 Å². The summed E-state index contributed by atoms with van der Waals surface area (Å²) in [5.74, 6) is 0.697. The molecule has 0 aliphatic carbocycles. The third-order valence-electron chi connectivity index (χ3n) is 14.8. The Hall–Kier alpha value is -1.94. The molecule has 3 N–H and O–H groups in total. The van der Waals surface area contributed by atoms with Gasteiger partial charge in [-0.1, -0.05) is 261 Å². The molecule has 0 aromatic heterocycles. The highest BCUT2D eigenvalue weighted by Gasteiger charge is 2.30. The zero-order valence-electron chi connectivity index (χ0n) is 54.5. The number of ether oxygens (including phenoxy) is 4. The molecule has 0 radical (unpaired) electrons. The first-order valence-corrected chi connectivity index (χ1v) is 36.7. The molecule has 17 nitrogen and oxygen atoms in total. The van der Waals surface area contributed by atoms with Crippen LogP contribution in [-0.2, 0) is 65.4 Å². The minimum Gasteiger partial charge on any atom is -0.462 e. The highest BCUT2D eigenvalue weighted by molar-refractivity contribution is 7.47. The van der Waals surface area contributed by atoms with Crippen molar-refractivity contribution in [3.05, 3.63) is 0 Å². The van der Waals surface area contributed by atoms with E-state index in [-0.39, 0.29) is 25.7 Å². The summed E-state index contributed by atoms with van der Waals surface area (Å²) < 4.78 is 68.0. The van der Waals surface area contributed by atoms with Crippen LogP contribution >= 0.6 is 15.6 Å². The first kappa shape index (κ1) is 82.1. The maximum atomic E-state index is 13.0. The Morgan fingerprint density at radius 1 is 0.298 bits per heavy atom. The Kier molecular flexibility index (Phi) is 53.9. The van der Waals surface area contributed by atoms with Crippen LogP contribution in [0.3, 0.4) is 0 Å². The second kappa shape index (κ2) is 55.2. The molecule has 0 rings (SSSR count). The van der Waals surface area contributed by atoms with Crippen molar-refractivity contribution in [3.63, 3.8) is 0 Å². The van der Waals surface area contributed by atoms with Gasteiger partial charge < -0.3 is 33.8 Å². The van der Waals surface area contributed by atoms with Crippen LogP contribution in [0.2, 0.25) is 0 Å². The lowest BCUT2D eigenvalue weighted by Crippen LogP contribution is -2.30. The average molecular weight is 1240 g/mol. The van der Waals surface area contributed by atoms with Crippen LogP contribution in [0.25, 0.3) is 0 Å². The van der Waals surface area contributed by atoms with Gasteiger partial charge in [0.15, 0.2) is 12.2 Å². The molecule has 3 unspecified atom stereocenters. The highest BCUT2D eigenvalue weighted by atomic mass is 31.2. The van der Waals surface area contributed by atoms with Gasteiger partial charge in [0.1, 0.15) is 19.3 Å². The van der Waals surface area contributed by atoms with Crippen LogP contribution in [0.15, 0.2) is 0 Å². The molecule has 0 saturated heterocycles. The van der Waals surface area contributed by atoms with E-state index in [2.05, 4.69) is 55.4 Å². The van der Waals surface area contributed by atoms with Gasteiger partial charge in [0, 0.05) is 25.7 Å². The predicted octanol–water partition coefficient (Wildman–Crippen LogP) is 17.8. The van der Waals surface area contributed by atoms with Gasteiger partial charge in [-0.05, 0) is 49.4 Å². The van der Waals surface area contributed by atoms with Crippen LogP contribution in [0.1, 0.15) is 312 Å². The van der Waals surface area contributed by atoms with E-state index < -0.39 is 97.5 Å². The minimum atomic E-state index is -4.95. The fraction of sp³-hybridized carbons (Fsp3) is 0.938. The van der Waals surface area contributed by atoms with Gasteiger partial charge in [-0.25, -0.2) is 9.13 Å². The van der Waals surface area contributed by atoms with Crippen LogP contribution in [0.5, 0.6) is 0 Å². The molecule has 0 amide bonds. The van der Waals surface area contributed by atoms with E-state index in [1.807, 2.05) is 0 Å². The van der Waals surface area contributed by atoms with Crippen molar-refractivity contribution in [1.82, 2.24) is 0 Å². The summed E-state index contributed by atoms with van der Waals surface area (Å²) in [6.07, 6.45) is 35.3. The number of carbonyl (C=O) groups is 4. The smallest absolute Gasteiger partial charge is 0.462 e. The third-order valence-corrected chi connectivity index (χ3v) is 16.7. The second-order valence-corrected chi connectivity index (χ2v) is 28.3. The Labute approximate surface area is 511 Å². The largest absolute Gasteiger partial charge is 0.472 e. The SMILES string of the molecule is CC(C)CCCCCCCCCCCCCCCC(=O)O[C@H](COC(=O)CCCCCCCCC(C)C)COP(=O)(O)OCC(O)COP(=O)(O)OC[C@@H](COC(=O)CCCCCCCCCC(C)C)OC(=O)CCCCCCCCC(C)C. The number of aliphatic hydroxyl groups excluding tert-OH is 1. The molecule has 498 valence electrons. The fourth-order valence-electron chi connectivity index (χ4n) is 9.61. The van der Waals surface area contributed by atoms with Crippen LogP contribution < -0.4 is 0 Å². The lowest BCUT2D eigenvalue weighted by atomic mass is 10.0.